The third-order valence-electron chi connectivity index (χ3n) is 4.65. The van der Waals surface area contributed by atoms with Crippen LogP contribution < -0.4 is 10.1 Å². The van der Waals surface area contributed by atoms with Gasteiger partial charge in [0.1, 0.15) is 17.2 Å². The molecule has 1 N–H and O–H groups in total. The lowest BCUT2D eigenvalue weighted by Crippen LogP contribution is -2.45. The molecule has 6 heteroatoms. The number of nitrogens with one attached hydrogen (secondary N) is 1. The number of esters is 1. The van der Waals surface area contributed by atoms with Crippen LogP contribution in [0.5, 0.6) is 5.75 Å². The number of carbonyl (C=O) groups excluding carboxylic acids is 1. The van der Waals surface area contributed by atoms with Crippen molar-refractivity contribution in [1.82, 2.24) is 5.32 Å². The molecule has 0 saturated carbocycles. The predicted molar refractivity (Wildman–Crippen MR) is 107 cm³/mol. The fourth-order valence-corrected chi connectivity index (χ4v) is 4.03. The van der Waals surface area contributed by atoms with Crippen LogP contribution in [0.1, 0.15) is 25.5 Å². The lowest BCUT2D eigenvalue weighted by atomic mass is 9.85. The standard InChI is InChI=1S/C20H24N2O3S/c1-5-25-15-11-10-13-8-6-7-9-14(13)17(15)18-16(19(23)24-3)12(2)21-20(22-18)26-4/h6-11,16,18,20,22H,5H2,1-4H3/t16-,18-,20+/m0/s1. The van der Waals surface area contributed by atoms with E-state index < -0.39 is 5.92 Å². The monoisotopic (exact) mass is 372 g/mol. The Morgan fingerprint density at radius 3 is 2.73 bits per heavy atom. The number of methoxy groups -OCH3 is 1. The summed E-state index contributed by atoms with van der Waals surface area (Å²) < 4.78 is 11.0. The number of carbonyl (C=O) groups is 1. The number of nitrogens with zero attached hydrogens (tertiary/aromatic N) is 1. The van der Waals surface area contributed by atoms with Gasteiger partial charge in [-0.2, -0.15) is 0 Å². The second-order valence-corrected chi connectivity index (χ2v) is 7.05. The lowest BCUT2D eigenvalue weighted by molar-refractivity contribution is -0.144. The maximum Gasteiger partial charge on any atom is 0.316 e. The van der Waals surface area contributed by atoms with Gasteiger partial charge in [0.05, 0.1) is 19.8 Å². The summed E-state index contributed by atoms with van der Waals surface area (Å²) in [5.41, 5.74) is 1.64. The maximum absolute atomic E-state index is 12.6. The molecule has 2 aromatic carbocycles. The fraction of sp³-hybridized carbons (Fsp3) is 0.400. The Hall–Kier alpha value is -2.05. The summed E-state index contributed by atoms with van der Waals surface area (Å²) in [6.45, 7) is 4.41. The first-order valence-corrected chi connectivity index (χ1v) is 9.94. The van der Waals surface area contributed by atoms with Gasteiger partial charge in [0.2, 0.25) is 0 Å². The van der Waals surface area contributed by atoms with Crippen molar-refractivity contribution in [3.63, 3.8) is 0 Å². The Bertz CT molecular complexity index is 837. The number of rotatable bonds is 5. The highest BCUT2D eigenvalue weighted by Crippen LogP contribution is 2.40. The van der Waals surface area contributed by atoms with Crippen LogP contribution in [0, 0.1) is 5.92 Å². The van der Waals surface area contributed by atoms with E-state index in [1.54, 1.807) is 11.8 Å². The van der Waals surface area contributed by atoms with Crippen molar-refractivity contribution in [2.75, 3.05) is 20.0 Å². The molecule has 3 rings (SSSR count). The molecular weight excluding hydrogens is 348 g/mol. The number of hydrogen-bond donors (Lipinski definition) is 1. The van der Waals surface area contributed by atoms with Gasteiger partial charge in [0.15, 0.2) is 0 Å². The number of benzene rings is 2. The average molecular weight is 372 g/mol. The van der Waals surface area contributed by atoms with Crippen LogP contribution >= 0.6 is 11.8 Å². The third kappa shape index (κ3) is 3.44. The van der Waals surface area contributed by atoms with Crippen LogP contribution in [0.15, 0.2) is 41.4 Å². The Labute approximate surface area is 158 Å². The van der Waals surface area contributed by atoms with E-state index in [1.165, 1.54) is 7.11 Å². The fourth-order valence-electron chi connectivity index (χ4n) is 3.48. The predicted octanol–water partition coefficient (Wildman–Crippen LogP) is 3.78. The van der Waals surface area contributed by atoms with Gasteiger partial charge in [-0.25, -0.2) is 0 Å². The third-order valence-corrected chi connectivity index (χ3v) is 5.33. The molecule has 3 atom stereocenters. The first-order chi connectivity index (χ1) is 12.6. The number of aliphatic imine (C=N–C) groups is 1. The molecule has 1 aliphatic heterocycles. The van der Waals surface area contributed by atoms with Gasteiger partial charge in [0, 0.05) is 11.3 Å². The molecule has 138 valence electrons. The van der Waals surface area contributed by atoms with E-state index >= 15 is 0 Å². The topological polar surface area (TPSA) is 59.9 Å². The number of hydrogen-bond acceptors (Lipinski definition) is 6. The molecule has 1 heterocycles. The molecule has 0 aromatic heterocycles. The van der Waals surface area contributed by atoms with Gasteiger partial charge in [-0.05, 0) is 36.9 Å². The van der Waals surface area contributed by atoms with Crippen molar-refractivity contribution in [2.24, 2.45) is 10.9 Å². The van der Waals surface area contributed by atoms with Crippen LogP contribution in [-0.2, 0) is 9.53 Å². The Balaban J connectivity index is 2.22. The second kappa shape index (κ2) is 8.10. The van der Waals surface area contributed by atoms with Crippen molar-refractivity contribution in [3.8, 4) is 5.75 Å². The van der Waals surface area contributed by atoms with Gasteiger partial charge in [-0.1, -0.05) is 30.3 Å². The molecule has 0 radical (unpaired) electrons. The zero-order chi connectivity index (χ0) is 18.7. The van der Waals surface area contributed by atoms with E-state index in [0.29, 0.717) is 6.61 Å². The van der Waals surface area contributed by atoms with Crippen LogP contribution in [0.2, 0.25) is 0 Å². The van der Waals surface area contributed by atoms with Crippen molar-refractivity contribution in [3.05, 3.63) is 42.0 Å². The summed E-state index contributed by atoms with van der Waals surface area (Å²) in [6, 6.07) is 11.9. The summed E-state index contributed by atoms with van der Waals surface area (Å²) in [6.07, 6.45) is 2.00. The summed E-state index contributed by atoms with van der Waals surface area (Å²) in [4.78, 5) is 17.2. The van der Waals surface area contributed by atoms with Gasteiger partial charge < -0.3 is 9.47 Å². The quantitative estimate of drug-likeness (QED) is 0.810. The Kier molecular flexibility index (Phi) is 5.84. The highest BCUT2D eigenvalue weighted by Gasteiger charge is 2.39. The number of ether oxygens (including phenoxy) is 2. The second-order valence-electron chi connectivity index (χ2n) is 6.14. The van der Waals surface area contributed by atoms with Crippen LogP contribution in [0.3, 0.4) is 0 Å². The van der Waals surface area contributed by atoms with Crippen molar-refractivity contribution >= 4 is 34.2 Å². The van der Waals surface area contributed by atoms with E-state index in [1.807, 2.05) is 44.4 Å². The summed E-state index contributed by atoms with van der Waals surface area (Å²) in [5.74, 6) is -0.000691. The van der Waals surface area contributed by atoms with E-state index in [0.717, 1.165) is 27.8 Å². The Morgan fingerprint density at radius 2 is 2.04 bits per heavy atom. The van der Waals surface area contributed by atoms with E-state index in [2.05, 4.69) is 22.4 Å². The first-order valence-electron chi connectivity index (χ1n) is 8.66. The molecule has 5 nitrogen and oxygen atoms in total. The Morgan fingerprint density at radius 1 is 1.27 bits per heavy atom. The molecule has 26 heavy (non-hydrogen) atoms. The van der Waals surface area contributed by atoms with Gasteiger partial charge >= 0.3 is 5.97 Å². The highest BCUT2D eigenvalue weighted by atomic mass is 32.2. The van der Waals surface area contributed by atoms with Crippen LogP contribution in [0.4, 0.5) is 0 Å². The average Bonchev–Trinajstić information content (AvgIpc) is 2.66. The molecule has 2 aromatic rings. The zero-order valence-corrected chi connectivity index (χ0v) is 16.3. The minimum absolute atomic E-state index is 0.116. The molecule has 0 saturated heterocycles. The number of thioether (sulfide) groups is 1. The van der Waals surface area contributed by atoms with E-state index in [9.17, 15) is 4.79 Å². The van der Waals surface area contributed by atoms with Crippen molar-refractivity contribution in [2.45, 2.75) is 25.4 Å². The molecular formula is C20H24N2O3S. The van der Waals surface area contributed by atoms with E-state index in [4.69, 9.17) is 9.47 Å². The smallest absolute Gasteiger partial charge is 0.316 e. The number of fused-ring (bicyclic) bond motifs is 1. The zero-order valence-electron chi connectivity index (χ0n) is 15.5. The van der Waals surface area contributed by atoms with E-state index in [-0.39, 0.29) is 17.5 Å². The molecule has 0 aliphatic carbocycles. The molecule has 0 spiro atoms. The summed E-state index contributed by atoms with van der Waals surface area (Å²) in [7, 11) is 1.42. The van der Waals surface area contributed by atoms with Crippen LogP contribution in [-0.4, -0.2) is 37.2 Å². The van der Waals surface area contributed by atoms with Crippen molar-refractivity contribution in [1.29, 1.82) is 0 Å². The van der Waals surface area contributed by atoms with Gasteiger partial charge in [-0.15, -0.1) is 11.8 Å². The van der Waals surface area contributed by atoms with Crippen LogP contribution in [0.25, 0.3) is 10.8 Å². The SMILES string of the molecule is CCOc1ccc2ccccc2c1[C@H]1N[C@H](SC)N=C(C)[C@@H]1C(=O)OC. The highest BCUT2D eigenvalue weighted by molar-refractivity contribution is 7.99. The molecule has 0 unspecified atom stereocenters. The summed E-state index contributed by atoms with van der Waals surface area (Å²) >= 11 is 1.60. The first kappa shape index (κ1) is 18.7. The summed E-state index contributed by atoms with van der Waals surface area (Å²) in [5, 5.41) is 5.68. The molecule has 0 fully saturated rings. The molecule has 1 aliphatic rings. The minimum Gasteiger partial charge on any atom is -0.494 e. The molecule has 0 amide bonds. The maximum atomic E-state index is 12.6. The van der Waals surface area contributed by atoms with Crippen molar-refractivity contribution < 1.29 is 14.3 Å². The lowest BCUT2D eigenvalue weighted by Gasteiger charge is -2.35. The normalized spacial score (nSPS) is 22.8. The largest absolute Gasteiger partial charge is 0.494 e. The van der Waals surface area contributed by atoms with Gasteiger partial charge in [0.25, 0.3) is 0 Å². The molecule has 0 bridgehead atoms. The minimum atomic E-state index is -0.492. The van der Waals surface area contributed by atoms with Gasteiger partial charge in [-0.3, -0.25) is 15.1 Å².